The molecular formula is C32H34Cl2N4O8. The van der Waals surface area contributed by atoms with Crippen molar-refractivity contribution in [2.75, 3.05) is 27.4 Å². The maximum atomic E-state index is 12.4. The number of allylic oxidation sites excluding steroid dienone is 1. The van der Waals surface area contributed by atoms with Gasteiger partial charge in [0.1, 0.15) is 13.2 Å². The van der Waals surface area contributed by atoms with E-state index < -0.39 is 24.3 Å². The maximum absolute atomic E-state index is 12.4. The van der Waals surface area contributed by atoms with Crippen LogP contribution in [0.2, 0.25) is 10.0 Å². The number of urea groups is 1. The minimum absolute atomic E-state index is 0.169. The molecule has 12 nitrogen and oxygen atoms in total. The Hall–Kier alpha value is -4.65. The number of methoxy groups -OCH3 is 2. The fourth-order valence-electron chi connectivity index (χ4n) is 4.49. The van der Waals surface area contributed by atoms with Gasteiger partial charge in [0, 0.05) is 5.70 Å². The fourth-order valence-corrected chi connectivity index (χ4v) is 4.81. The second kappa shape index (κ2) is 16.1. The average molecular weight is 674 g/mol. The van der Waals surface area contributed by atoms with Crippen LogP contribution in [0.25, 0.3) is 0 Å². The van der Waals surface area contributed by atoms with Crippen LogP contribution >= 0.6 is 23.2 Å². The average Bonchev–Trinajstić information content (AvgIpc) is 3.04. The lowest BCUT2D eigenvalue weighted by Gasteiger charge is -2.28. The minimum atomic E-state index is -1.17. The van der Waals surface area contributed by atoms with Crippen LogP contribution in [0.5, 0.6) is 23.0 Å². The zero-order chi connectivity index (χ0) is 33.2. The Morgan fingerprint density at radius 1 is 1.00 bits per heavy atom. The molecule has 1 aliphatic rings. The van der Waals surface area contributed by atoms with E-state index in [0.717, 1.165) is 5.56 Å². The van der Waals surface area contributed by atoms with Gasteiger partial charge in [0.15, 0.2) is 29.2 Å². The van der Waals surface area contributed by atoms with Crippen LogP contribution < -0.4 is 35.0 Å². The van der Waals surface area contributed by atoms with Gasteiger partial charge in [-0.1, -0.05) is 35.3 Å². The van der Waals surface area contributed by atoms with E-state index in [1.165, 1.54) is 20.4 Å². The Labute approximate surface area is 276 Å². The molecule has 0 fully saturated rings. The number of hydrogen-bond acceptors (Lipinski definition) is 10. The Bertz CT molecular complexity index is 1630. The molecule has 244 valence electrons. The molecule has 0 bridgehead atoms. The molecule has 0 saturated heterocycles. The van der Waals surface area contributed by atoms with Crippen molar-refractivity contribution < 1.29 is 38.4 Å². The first-order valence-electron chi connectivity index (χ1n) is 14.1. The van der Waals surface area contributed by atoms with Crippen LogP contribution in [-0.4, -0.2) is 57.0 Å². The van der Waals surface area contributed by atoms with E-state index in [9.17, 15) is 14.7 Å². The van der Waals surface area contributed by atoms with Gasteiger partial charge in [-0.3, -0.25) is 5.43 Å². The third kappa shape index (κ3) is 8.75. The highest BCUT2D eigenvalue weighted by Crippen LogP contribution is 2.35. The Morgan fingerprint density at radius 2 is 1.76 bits per heavy atom. The van der Waals surface area contributed by atoms with Crippen LogP contribution in [0.15, 0.2) is 71.0 Å². The van der Waals surface area contributed by atoms with Crippen molar-refractivity contribution in [3.05, 3.63) is 92.6 Å². The van der Waals surface area contributed by atoms with Gasteiger partial charge in [0.2, 0.25) is 0 Å². The molecule has 1 heterocycles. The predicted octanol–water partition coefficient (Wildman–Crippen LogP) is 5.10. The quantitative estimate of drug-likeness (QED) is 0.0794. The monoisotopic (exact) mass is 672 g/mol. The Kier molecular flexibility index (Phi) is 12.0. The molecule has 3 aromatic carbocycles. The first kappa shape index (κ1) is 34.2. The number of halogens is 2. The predicted molar refractivity (Wildman–Crippen MR) is 173 cm³/mol. The number of esters is 1. The zero-order valence-electron chi connectivity index (χ0n) is 25.6. The number of hydrogen-bond donors (Lipinski definition) is 4. The number of hydrazone groups is 1. The molecule has 0 saturated carbocycles. The fraction of sp³-hybridized carbons (Fsp3) is 0.281. The summed E-state index contributed by atoms with van der Waals surface area (Å²) < 4.78 is 27.8. The van der Waals surface area contributed by atoms with Crippen molar-refractivity contribution in [1.29, 1.82) is 0 Å². The summed E-state index contributed by atoms with van der Waals surface area (Å²) in [5.74, 6) is 1.15. The smallest absolute Gasteiger partial charge is 0.337 e. The molecule has 0 aromatic heterocycles. The number of benzene rings is 3. The first-order chi connectivity index (χ1) is 22.1. The third-order valence-electron chi connectivity index (χ3n) is 6.68. The normalized spacial score (nSPS) is 15.1. The van der Waals surface area contributed by atoms with Crippen LogP contribution in [0, 0.1) is 0 Å². The molecule has 46 heavy (non-hydrogen) atoms. The SMILES string of the molecule is CCOc1cc([C@@H]2NC(=O)NC(C)=C2C(=O)OC)ccc1OC[C@@H](O)N/N=C\c1ccc(OCc2ccc(Cl)c(Cl)c2)c(OC)c1. The van der Waals surface area contributed by atoms with Crippen LogP contribution in [-0.2, 0) is 16.1 Å². The van der Waals surface area contributed by atoms with Gasteiger partial charge in [0.05, 0.1) is 48.7 Å². The molecule has 0 aliphatic carbocycles. The Morgan fingerprint density at radius 3 is 2.48 bits per heavy atom. The lowest BCUT2D eigenvalue weighted by atomic mass is 9.95. The largest absolute Gasteiger partial charge is 0.493 e. The van der Waals surface area contributed by atoms with E-state index in [2.05, 4.69) is 21.2 Å². The highest BCUT2D eigenvalue weighted by molar-refractivity contribution is 6.42. The van der Waals surface area contributed by atoms with E-state index >= 15 is 0 Å². The van der Waals surface area contributed by atoms with Crippen LogP contribution in [0.4, 0.5) is 4.79 Å². The summed E-state index contributed by atoms with van der Waals surface area (Å²) in [7, 11) is 2.80. The van der Waals surface area contributed by atoms with Crippen molar-refractivity contribution >= 4 is 41.4 Å². The number of amides is 2. The van der Waals surface area contributed by atoms with Gasteiger partial charge in [-0.15, -0.1) is 0 Å². The highest BCUT2D eigenvalue weighted by Gasteiger charge is 2.32. The van der Waals surface area contributed by atoms with Gasteiger partial charge >= 0.3 is 12.0 Å². The van der Waals surface area contributed by atoms with Crippen molar-refractivity contribution in [3.8, 4) is 23.0 Å². The molecule has 4 N–H and O–H groups in total. The van der Waals surface area contributed by atoms with Crippen molar-refractivity contribution in [1.82, 2.24) is 16.1 Å². The van der Waals surface area contributed by atoms with Crippen LogP contribution in [0.3, 0.4) is 0 Å². The topological polar surface area (TPSA) is 149 Å². The number of aliphatic hydroxyl groups excluding tert-OH is 1. The molecule has 0 unspecified atom stereocenters. The standard InChI is InChI=1S/C32H34Cl2N4O8/c1-5-44-27-14-21(30-29(31(40)43-4)18(2)36-32(41)37-30)8-11-25(27)46-17-28(39)38-35-15-19-7-10-24(26(13-19)42-3)45-16-20-6-9-22(33)23(34)12-20/h6-15,28,30,38-39H,5,16-17H2,1-4H3,(H2,36,37,41)/b35-15-/t28-,30+/m1/s1. The Balaban J connectivity index is 1.36. The summed E-state index contributed by atoms with van der Waals surface area (Å²) in [5, 5.41) is 20.8. The minimum Gasteiger partial charge on any atom is -0.493 e. The molecular weight excluding hydrogens is 639 g/mol. The van der Waals surface area contributed by atoms with E-state index in [-0.39, 0.29) is 18.8 Å². The lowest BCUT2D eigenvalue weighted by Crippen LogP contribution is -2.45. The number of ether oxygens (including phenoxy) is 5. The van der Waals surface area contributed by atoms with Gasteiger partial charge in [-0.2, -0.15) is 5.10 Å². The first-order valence-corrected chi connectivity index (χ1v) is 14.9. The molecule has 2 amide bonds. The number of nitrogens with one attached hydrogen (secondary N) is 3. The molecule has 0 spiro atoms. The van der Waals surface area contributed by atoms with E-state index in [1.54, 1.807) is 62.4 Å². The van der Waals surface area contributed by atoms with Crippen molar-refractivity contribution in [3.63, 3.8) is 0 Å². The summed E-state index contributed by atoms with van der Waals surface area (Å²) in [5.41, 5.74) is 5.38. The highest BCUT2D eigenvalue weighted by atomic mass is 35.5. The van der Waals surface area contributed by atoms with Gasteiger partial charge in [0.25, 0.3) is 0 Å². The summed E-state index contributed by atoms with van der Waals surface area (Å²) in [4.78, 5) is 24.6. The summed E-state index contributed by atoms with van der Waals surface area (Å²) >= 11 is 12.1. The van der Waals surface area contributed by atoms with Crippen molar-refractivity contribution in [2.24, 2.45) is 5.10 Å². The van der Waals surface area contributed by atoms with Gasteiger partial charge < -0.3 is 39.4 Å². The lowest BCUT2D eigenvalue weighted by molar-refractivity contribution is -0.136. The molecule has 4 rings (SSSR count). The maximum Gasteiger partial charge on any atom is 0.337 e. The molecule has 14 heteroatoms. The van der Waals surface area contributed by atoms with Gasteiger partial charge in [-0.25, -0.2) is 9.59 Å². The number of rotatable bonds is 14. The number of nitrogens with zero attached hydrogens (tertiary/aromatic N) is 1. The van der Waals surface area contributed by atoms with E-state index in [4.69, 9.17) is 46.9 Å². The number of carbonyl (C=O) groups is 2. The van der Waals surface area contributed by atoms with Gasteiger partial charge in [-0.05, 0) is 73.0 Å². The second-order valence-corrected chi connectivity index (χ2v) is 10.7. The van der Waals surface area contributed by atoms with E-state index in [0.29, 0.717) is 56.5 Å². The molecule has 0 radical (unpaired) electrons. The number of carbonyl (C=O) groups excluding carboxylic acids is 2. The molecule has 2 atom stereocenters. The summed E-state index contributed by atoms with van der Waals surface area (Å²) in [6.45, 7) is 3.85. The third-order valence-corrected chi connectivity index (χ3v) is 7.41. The van der Waals surface area contributed by atoms with Crippen LogP contribution in [0.1, 0.15) is 36.6 Å². The summed E-state index contributed by atoms with van der Waals surface area (Å²) in [6.07, 6.45) is 0.345. The second-order valence-electron chi connectivity index (χ2n) is 9.86. The van der Waals surface area contributed by atoms with Crippen molar-refractivity contribution in [2.45, 2.75) is 32.7 Å². The molecule has 3 aromatic rings. The van der Waals surface area contributed by atoms with E-state index in [1.807, 2.05) is 6.07 Å². The number of aliphatic hydroxyl groups is 1. The molecule has 1 aliphatic heterocycles. The summed E-state index contributed by atoms with van der Waals surface area (Å²) in [6, 6.07) is 14.3. The zero-order valence-corrected chi connectivity index (χ0v) is 27.1.